The predicted molar refractivity (Wildman–Crippen MR) is 45.2 cm³/mol. The van der Waals surface area contributed by atoms with Crippen molar-refractivity contribution in [3.05, 3.63) is 17.3 Å². The van der Waals surface area contributed by atoms with Crippen molar-refractivity contribution in [1.29, 1.82) is 0 Å². The number of rotatable bonds is 2. The van der Waals surface area contributed by atoms with Gasteiger partial charge in [-0.1, -0.05) is 15.9 Å². The summed E-state index contributed by atoms with van der Waals surface area (Å²) in [6.45, 7) is 1.67. The average Bonchev–Trinajstić information content (AvgIpc) is 2.45. The molecule has 0 saturated carbocycles. The standard InChI is InChI=1S/C7H8BrNO3/c1-4-6(7(10)11-2)9-5(3-8)12-4/h3H2,1-2H3. The highest BCUT2D eigenvalue weighted by atomic mass is 79.9. The van der Waals surface area contributed by atoms with Gasteiger partial charge in [-0.05, 0) is 6.92 Å². The fraction of sp³-hybridized carbons (Fsp3) is 0.429. The summed E-state index contributed by atoms with van der Waals surface area (Å²) in [4.78, 5) is 14.9. The molecule has 0 unspecified atom stereocenters. The van der Waals surface area contributed by atoms with Crippen LogP contribution in [0.1, 0.15) is 22.1 Å². The van der Waals surface area contributed by atoms with E-state index in [9.17, 15) is 4.79 Å². The van der Waals surface area contributed by atoms with Crippen molar-refractivity contribution in [2.45, 2.75) is 12.3 Å². The molecule has 1 aromatic heterocycles. The number of hydrogen-bond acceptors (Lipinski definition) is 4. The minimum atomic E-state index is -0.469. The van der Waals surface area contributed by atoms with E-state index in [0.717, 1.165) is 0 Å². The normalized spacial score (nSPS) is 9.92. The van der Waals surface area contributed by atoms with E-state index in [1.807, 2.05) is 0 Å². The molecule has 0 fully saturated rings. The van der Waals surface area contributed by atoms with Crippen LogP contribution in [0.4, 0.5) is 0 Å². The average molecular weight is 234 g/mol. The lowest BCUT2D eigenvalue weighted by atomic mass is 10.4. The Kier molecular flexibility index (Phi) is 2.86. The van der Waals surface area contributed by atoms with Crippen LogP contribution in [0.15, 0.2) is 4.42 Å². The molecule has 1 heterocycles. The van der Waals surface area contributed by atoms with Crippen LogP contribution in [0.3, 0.4) is 0 Å². The second kappa shape index (κ2) is 3.71. The van der Waals surface area contributed by atoms with Crippen molar-refractivity contribution in [3.63, 3.8) is 0 Å². The Hall–Kier alpha value is -0.840. The third-order valence-electron chi connectivity index (χ3n) is 1.33. The lowest BCUT2D eigenvalue weighted by molar-refractivity contribution is 0.0593. The highest BCUT2D eigenvalue weighted by molar-refractivity contribution is 9.08. The number of aromatic nitrogens is 1. The Bertz CT molecular complexity index is 295. The van der Waals surface area contributed by atoms with Gasteiger partial charge in [-0.15, -0.1) is 0 Å². The first-order chi connectivity index (χ1) is 5.69. The van der Waals surface area contributed by atoms with Gasteiger partial charge in [0.1, 0.15) is 5.76 Å². The molecule has 1 rings (SSSR count). The molecule has 12 heavy (non-hydrogen) atoms. The molecule has 0 aliphatic carbocycles. The van der Waals surface area contributed by atoms with Crippen molar-refractivity contribution in [2.24, 2.45) is 0 Å². The minimum Gasteiger partial charge on any atom is -0.464 e. The zero-order valence-electron chi connectivity index (χ0n) is 6.76. The number of methoxy groups -OCH3 is 1. The van der Waals surface area contributed by atoms with E-state index in [0.29, 0.717) is 17.0 Å². The number of ether oxygens (including phenoxy) is 1. The Morgan fingerprint density at radius 1 is 1.75 bits per heavy atom. The van der Waals surface area contributed by atoms with Gasteiger partial charge >= 0.3 is 5.97 Å². The van der Waals surface area contributed by atoms with Gasteiger partial charge in [0.25, 0.3) is 0 Å². The maximum Gasteiger partial charge on any atom is 0.360 e. The number of hydrogen-bond donors (Lipinski definition) is 0. The van der Waals surface area contributed by atoms with E-state index < -0.39 is 5.97 Å². The minimum absolute atomic E-state index is 0.243. The first kappa shape index (κ1) is 9.25. The van der Waals surface area contributed by atoms with Crippen molar-refractivity contribution >= 4 is 21.9 Å². The van der Waals surface area contributed by atoms with Crippen molar-refractivity contribution in [1.82, 2.24) is 4.98 Å². The molecule has 0 amide bonds. The van der Waals surface area contributed by atoms with Gasteiger partial charge in [-0.2, -0.15) is 0 Å². The van der Waals surface area contributed by atoms with E-state index in [2.05, 4.69) is 25.7 Å². The van der Waals surface area contributed by atoms with Gasteiger partial charge in [-0.25, -0.2) is 9.78 Å². The molecule has 5 heteroatoms. The fourth-order valence-corrected chi connectivity index (χ4v) is 1.03. The van der Waals surface area contributed by atoms with Gasteiger partial charge < -0.3 is 9.15 Å². The van der Waals surface area contributed by atoms with Gasteiger partial charge in [-0.3, -0.25) is 0 Å². The SMILES string of the molecule is COC(=O)c1nc(CBr)oc1C. The summed E-state index contributed by atoms with van der Waals surface area (Å²) in [5.74, 6) is 0.493. The van der Waals surface area contributed by atoms with Crippen LogP contribution in [0.5, 0.6) is 0 Å². The smallest absolute Gasteiger partial charge is 0.360 e. The van der Waals surface area contributed by atoms with Crippen LogP contribution < -0.4 is 0 Å². The summed E-state index contributed by atoms with van der Waals surface area (Å²) < 4.78 is 9.63. The van der Waals surface area contributed by atoms with Crippen LogP contribution in [0, 0.1) is 6.92 Å². The quantitative estimate of drug-likeness (QED) is 0.576. The number of aryl methyl sites for hydroxylation is 1. The monoisotopic (exact) mass is 233 g/mol. The summed E-state index contributed by atoms with van der Waals surface area (Å²) in [6.07, 6.45) is 0. The van der Waals surface area contributed by atoms with Gasteiger partial charge in [0.05, 0.1) is 12.4 Å². The first-order valence-corrected chi connectivity index (χ1v) is 4.41. The lowest BCUT2D eigenvalue weighted by Gasteiger charge is -1.91. The summed E-state index contributed by atoms with van der Waals surface area (Å²) in [7, 11) is 1.31. The maximum atomic E-state index is 11.0. The Morgan fingerprint density at radius 3 is 2.83 bits per heavy atom. The fourth-order valence-electron chi connectivity index (χ4n) is 0.795. The molecule has 0 bridgehead atoms. The largest absolute Gasteiger partial charge is 0.464 e. The zero-order valence-corrected chi connectivity index (χ0v) is 8.34. The number of carbonyl (C=O) groups excluding carboxylic acids is 1. The van der Waals surface area contributed by atoms with E-state index in [1.165, 1.54) is 7.11 Å². The third kappa shape index (κ3) is 1.66. The number of alkyl halides is 1. The Labute approximate surface area is 78.0 Å². The molecule has 1 aromatic rings. The zero-order chi connectivity index (χ0) is 9.14. The third-order valence-corrected chi connectivity index (χ3v) is 1.81. The van der Waals surface area contributed by atoms with Crippen molar-refractivity contribution in [3.8, 4) is 0 Å². The Balaban J connectivity index is 2.99. The number of esters is 1. The van der Waals surface area contributed by atoms with Crippen molar-refractivity contribution in [2.75, 3.05) is 7.11 Å². The molecule has 0 atom stereocenters. The molecule has 0 aliphatic rings. The molecule has 0 aromatic carbocycles. The molecule has 0 radical (unpaired) electrons. The summed E-state index contributed by atoms with van der Waals surface area (Å²) in [5, 5.41) is 0.491. The van der Waals surface area contributed by atoms with Crippen LogP contribution >= 0.6 is 15.9 Å². The molecular formula is C7H8BrNO3. The summed E-state index contributed by atoms with van der Waals surface area (Å²) in [6, 6.07) is 0. The Morgan fingerprint density at radius 2 is 2.42 bits per heavy atom. The number of halogens is 1. The van der Waals surface area contributed by atoms with Gasteiger partial charge in [0.15, 0.2) is 5.69 Å². The molecule has 4 nitrogen and oxygen atoms in total. The lowest BCUT2D eigenvalue weighted by Crippen LogP contribution is -2.03. The molecule has 0 saturated heterocycles. The molecule has 0 aliphatic heterocycles. The van der Waals surface area contributed by atoms with Crippen LogP contribution in [0.25, 0.3) is 0 Å². The second-order valence-electron chi connectivity index (χ2n) is 2.14. The van der Waals surface area contributed by atoms with Crippen molar-refractivity contribution < 1.29 is 13.9 Å². The molecule has 66 valence electrons. The summed E-state index contributed by atoms with van der Waals surface area (Å²) >= 11 is 3.17. The van der Waals surface area contributed by atoms with Gasteiger partial charge in [0, 0.05) is 0 Å². The van der Waals surface area contributed by atoms with Crippen LogP contribution in [-0.2, 0) is 10.1 Å². The molecular weight excluding hydrogens is 226 g/mol. The van der Waals surface area contributed by atoms with Gasteiger partial charge in [0.2, 0.25) is 5.89 Å². The number of oxazole rings is 1. The van der Waals surface area contributed by atoms with Crippen LogP contribution in [0.2, 0.25) is 0 Å². The van der Waals surface area contributed by atoms with E-state index >= 15 is 0 Å². The maximum absolute atomic E-state index is 11.0. The molecule has 0 spiro atoms. The number of carbonyl (C=O) groups is 1. The summed E-state index contributed by atoms with van der Waals surface area (Å²) in [5.41, 5.74) is 0.243. The highest BCUT2D eigenvalue weighted by Gasteiger charge is 2.16. The van der Waals surface area contributed by atoms with Crippen LogP contribution in [-0.4, -0.2) is 18.1 Å². The predicted octanol–water partition coefficient (Wildman–Crippen LogP) is 1.66. The topological polar surface area (TPSA) is 52.3 Å². The second-order valence-corrected chi connectivity index (χ2v) is 2.70. The molecule has 0 N–H and O–H groups in total. The van der Waals surface area contributed by atoms with E-state index in [-0.39, 0.29) is 5.69 Å². The highest BCUT2D eigenvalue weighted by Crippen LogP contribution is 2.12. The van der Waals surface area contributed by atoms with E-state index in [1.54, 1.807) is 6.92 Å². The van der Waals surface area contributed by atoms with E-state index in [4.69, 9.17) is 4.42 Å². The number of nitrogens with zero attached hydrogens (tertiary/aromatic N) is 1. The first-order valence-electron chi connectivity index (χ1n) is 3.29.